The van der Waals surface area contributed by atoms with E-state index in [0.29, 0.717) is 5.82 Å². The van der Waals surface area contributed by atoms with Gasteiger partial charge in [0.05, 0.1) is 17.4 Å². The summed E-state index contributed by atoms with van der Waals surface area (Å²) in [6.45, 7) is 2.01. The van der Waals surface area contributed by atoms with Gasteiger partial charge >= 0.3 is 5.97 Å². The van der Waals surface area contributed by atoms with Crippen molar-refractivity contribution in [1.82, 2.24) is 4.98 Å². The Balaban J connectivity index is 2.82. The molecule has 0 aliphatic rings. The summed E-state index contributed by atoms with van der Waals surface area (Å²) < 4.78 is 0. The molecule has 0 saturated carbocycles. The molecule has 0 radical (unpaired) electrons. The van der Waals surface area contributed by atoms with Gasteiger partial charge in [-0.25, -0.2) is 9.78 Å². The summed E-state index contributed by atoms with van der Waals surface area (Å²) in [5.41, 5.74) is 5.76. The predicted molar refractivity (Wildman–Crippen MR) is 67.1 cm³/mol. The Morgan fingerprint density at radius 2 is 2.44 bits per heavy atom. The van der Waals surface area contributed by atoms with Crippen molar-refractivity contribution in [3.05, 3.63) is 17.8 Å². The molecule has 1 aromatic rings. The van der Waals surface area contributed by atoms with E-state index in [1.807, 2.05) is 13.2 Å². The van der Waals surface area contributed by atoms with E-state index in [9.17, 15) is 4.79 Å². The van der Waals surface area contributed by atoms with E-state index in [2.05, 4.69) is 10.3 Å². The molecular weight excluding hydrogens is 226 g/mol. The first-order valence-corrected chi connectivity index (χ1v) is 6.18. The number of pyridine rings is 1. The molecule has 4 N–H and O–H groups in total. The van der Waals surface area contributed by atoms with Gasteiger partial charge in [0, 0.05) is 11.8 Å². The van der Waals surface area contributed by atoms with Gasteiger partial charge in [-0.15, -0.1) is 0 Å². The number of nitrogen functional groups attached to an aromatic ring is 1. The topological polar surface area (TPSA) is 88.2 Å². The van der Waals surface area contributed by atoms with Crippen LogP contribution < -0.4 is 11.1 Å². The third-order valence-corrected chi connectivity index (χ3v) is 2.81. The lowest BCUT2D eigenvalue weighted by atomic mass is 10.2. The molecule has 0 spiro atoms. The number of thioether (sulfide) groups is 1. The zero-order valence-electron chi connectivity index (χ0n) is 9.23. The Labute approximate surface area is 98.4 Å². The van der Waals surface area contributed by atoms with Crippen molar-refractivity contribution in [1.29, 1.82) is 0 Å². The van der Waals surface area contributed by atoms with E-state index in [4.69, 9.17) is 10.8 Å². The number of carboxylic acids is 1. The monoisotopic (exact) mass is 241 g/mol. The van der Waals surface area contributed by atoms with Gasteiger partial charge < -0.3 is 16.2 Å². The molecule has 0 amide bonds. The van der Waals surface area contributed by atoms with E-state index in [1.165, 1.54) is 12.3 Å². The molecule has 5 nitrogen and oxygen atoms in total. The first-order chi connectivity index (χ1) is 7.54. The smallest absolute Gasteiger partial charge is 0.337 e. The van der Waals surface area contributed by atoms with Crippen LogP contribution in [0.25, 0.3) is 0 Å². The molecule has 0 aliphatic carbocycles. The number of hydrogen-bond donors (Lipinski definition) is 3. The summed E-state index contributed by atoms with van der Waals surface area (Å²) in [5, 5.41) is 12.0. The number of rotatable bonds is 5. The van der Waals surface area contributed by atoms with Crippen molar-refractivity contribution in [3.8, 4) is 0 Å². The van der Waals surface area contributed by atoms with Crippen LogP contribution in [-0.4, -0.2) is 34.1 Å². The van der Waals surface area contributed by atoms with Crippen LogP contribution in [0, 0.1) is 0 Å². The highest BCUT2D eigenvalue weighted by Gasteiger charge is 2.10. The van der Waals surface area contributed by atoms with Gasteiger partial charge in [0.2, 0.25) is 0 Å². The molecule has 1 unspecified atom stereocenters. The second-order valence-electron chi connectivity index (χ2n) is 3.46. The average Bonchev–Trinajstić information content (AvgIpc) is 2.21. The molecule has 1 aromatic heterocycles. The second kappa shape index (κ2) is 5.60. The maximum atomic E-state index is 10.8. The number of anilines is 2. The Morgan fingerprint density at radius 1 is 1.75 bits per heavy atom. The van der Waals surface area contributed by atoms with Crippen LogP contribution >= 0.6 is 11.8 Å². The maximum absolute atomic E-state index is 10.8. The van der Waals surface area contributed by atoms with Gasteiger partial charge in [0.1, 0.15) is 5.82 Å². The van der Waals surface area contributed by atoms with Crippen LogP contribution in [0.3, 0.4) is 0 Å². The summed E-state index contributed by atoms with van der Waals surface area (Å²) in [4.78, 5) is 14.9. The highest BCUT2D eigenvalue weighted by molar-refractivity contribution is 7.98. The van der Waals surface area contributed by atoms with Gasteiger partial charge in [-0.3, -0.25) is 0 Å². The van der Waals surface area contributed by atoms with Crippen molar-refractivity contribution in [3.63, 3.8) is 0 Å². The van der Waals surface area contributed by atoms with Crippen molar-refractivity contribution in [2.45, 2.75) is 13.0 Å². The average molecular weight is 241 g/mol. The zero-order valence-corrected chi connectivity index (χ0v) is 10.0. The quantitative estimate of drug-likeness (QED) is 0.724. The number of aromatic carboxylic acids is 1. The molecule has 88 valence electrons. The van der Waals surface area contributed by atoms with Gasteiger partial charge in [-0.05, 0) is 19.2 Å². The molecule has 0 fully saturated rings. The fraction of sp³-hybridized carbons (Fsp3) is 0.400. The van der Waals surface area contributed by atoms with E-state index in [1.54, 1.807) is 11.8 Å². The van der Waals surface area contributed by atoms with Crippen molar-refractivity contribution < 1.29 is 9.90 Å². The fourth-order valence-corrected chi connectivity index (χ4v) is 1.86. The highest BCUT2D eigenvalue weighted by Crippen LogP contribution is 2.15. The van der Waals surface area contributed by atoms with E-state index < -0.39 is 5.97 Å². The van der Waals surface area contributed by atoms with Crippen LogP contribution in [0.15, 0.2) is 12.3 Å². The van der Waals surface area contributed by atoms with E-state index in [0.717, 1.165) is 5.75 Å². The number of aromatic nitrogens is 1. The van der Waals surface area contributed by atoms with Crippen molar-refractivity contribution in [2.24, 2.45) is 0 Å². The Kier molecular flexibility index (Phi) is 4.42. The zero-order chi connectivity index (χ0) is 12.1. The van der Waals surface area contributed by atoms with E-state index >= 15 is 0 Å². The molecule has 1 atom stereocenters. The van der Waals surface area contributed by atoms with Crippen LogP contribution in [0.2, 0.25) is 0 Å². The van der Waals surface area contributed by atoms with Crippen LogP contribution in [-0.2, 0) is 0 Å². The van der Waals surface area contributed by atoms with Gasteiger partial charge in [0.15, 0.2) is 0 Å². The van der Waals surface area contributed by atoms with Gasteiger partial charge in [0.25, 0.3) is 0 Å². The summed E-state index contributed by atoms with van der Waals surface area (Å²) in [6, 6.07) is 1.68. The largest absolute Gasteiger partial charge is 0.478 e. The minimum Gasteiger partial charge on any atom is -0.478 e. The second-order valence-corrected chi connectivity index (χ2v) is 4.37. The number of hydrogen-bond acceptors (Lipinski definition) is 5. The van der Waals surface area contributed by atoms with Crippen molar-refractivity contribution in [2.75, 3.05) is 23.1 Å². The lowest BCUT2D eigenvalue weighted by Crippen LogP contribution is -2.19. The number of carbonyl (C=O) groups is 1. The molecular formula is C10H15N3O2S. The summed E-state index contributed by atoms with van der Waals surface area (Å²) in [6.07, 6.45) is 3.37. The summed E-state index contributed by atoms with van der Waals surface area (Å²) in [7, 11) is 0. The normalized spacial score (nSPS) is 12.1. The lowest BCUT2D eigenvalue weighted by molar-refractivity contribution is 0.0698. The Hall–Kier alpha value is -1.43. The Bertz CT molecular complexity index is 384. The first-order valence-electron chi connectivity index (χ1n) is 4.79. The molecule has 0 aromatic carbocycles. The molecule has 0 aliphatic heterocycles. The number of nitrogens with two attached hydrogens (primary N) is 1. The molecule has 0 saturated heterocycles. The number of carboxylic acid groups (broad SMARTS) is 1. The SMILES string of the molecule is CSCC(C)Nc1cc(C(=O)O)c(N)cn1. The maximum Gasteiger partial charge on any atom is 0.337 e. The van der Waals surface area contributed by atoms with Crippen LogP contribution in [0.4, 0.5) is 11.5 Å². The predicted octanol–water partition coefficient (Wildman–Crippen LogP) is 1.53. The third kappa shape index (κ3) is 3.30. The van der Waals surface area contributed by atoms with Gasteiger partial charge in [-0.2, -0.15) is 11.8 Å². The molecule has 6 heteroatoms. The molecule has 1 heterocycles. The summed E-state index contributed by atoms with van der Waals surface area (Å²) in [5.74, 6) is 0.419. The van der Waals surface area contributed by atoms with Crippen LogP contribution in [0.5, 0.6) is 0 Å². The minimum atomic E-state index is -1.04. The van der Waals surface area contributed by atoms with E-state index in [-0.39, 0.29) is 17.3 Å². The van der Waals surface area contributed by atoms with Crippen LogP contribution in [0.1, 0.15) is 17.3 Å². The number of nitrogens with one attached hydrogen (secondary N) is 1. The first kappa shape index (κ1) is 12.6. The van der Waals surface area contributed by atoms with Crippen molar-refractivity contribution >= 4 is 29.2 Å². The third-order valence-electron chi connectivity index (χ3n) is 1.98. The molecule has 0 bridgehead atoms. The summed E-state index contributed by atoms with van der Waals surface area (Å²) >= 11 is 1.71. The lowest BCUT2D eigenvalue weighted by Gasteiger charge is -2.13. The standard InChI is InChI=1S/C10H15N3O2S/c1-6(5-16-2)13-9-3-7(10(14)15)8(11)4-12-9/h3-4,6H,5,11H2,1-2H3,(H,12,13)(H,14,15). The Morgan fingerprint density at radius 3 is 3.00 bits per heavy atom. The highest BCUT2D eigenvalue weighted by atomic mass is 32.2. The molecule has 1 rings (SSSR count). The number of nitrogens with zero attached hydrogens (tertiary/aromatic N) is 1. The van der Waals surface area contributed by atoms with Gasteiger partial charge in [-0.1, -0.05) is 0 Å². The minimum absolute atomic E-state index is 0.0776. The fourth-order valence-electron chi connectivity index (χ4n) is 1.27. The molecule has 16 heavy (non-hydrogen) atoms.